The van der Waals surface area contributed by atoms with Crippen molar-refractivity contribution >= 4 is 72.7 Å². The zero-order valence-electron chi connectivity index (χ0n) is 19.9. The summed E-state index contributed by atoms with van der Waals surface area (Å²) in [4.78, 5) is 28.2. The first-order valence-electron chi connectivity index (χ1n) is 12.2. The topological polar surface area (TPSA) is 83.0 Å². The molecule has 0 radical (unpaired) electrons. The summed E-state index contributed by atoms with van der Waals surface area (Å²) >= 11 is 5.75. The Morgan fingerprint density at radius 1 is 0.676 bits per heavy atom. The Morgan fingerprint density at radius 3 is 2.03 bits per heavy atom. The molecule has 37 heavy (non-hydrogen) atoms. The van der Waals surface area contributed by atoms with Gasteiger partial charge in [0.15, 0.2) is 5.11 Å². The number of aromatic nitrogens is 5. The van der Waals surface area contributed by atoms with Gasteiger partial charge in [0.2, 0.25) is 0 Å². The van der Waals surface area contributed by atoms with Crippen LogP contribution in [0, 0.1) is 0 Å². The molecule has 0 atom stereocenters. The third-order valence-electron chi connectivity index (χ3n) is 6.81. The minimum Gasteiger partial charge on any atom is -0.353 e. The minimum atomic E-state index is 0.705. The van der Waals surface area contributed by atoms with Gasteiger partial charge in [-0.3, -0.25) is 9.97 Å². The van der Waals surface area contributed by atoms with E-state index < -0.39 is 0 Å². The fraction of sp³-hybridized carbons (Fsp3) is 0.143. The second-order valence-corrected chi connectivity index (χ2v) is 9.40. The van der Waals surface area contributed by atoms with Crippen LogP contribution in [0.5, 0.6) is 0 Å². The molecule has 8 nitrogen and oxygen atoms in total. The van der Waals surface area contributed by atoms with Gasteiger partial charge in [-0.25, -0.2) is 15.0 Å². The summed E-state index contributed by atoms with van der Waals surface area (Å²) in [5.74, 6) is 1.01. The Bertz CT molecular complexity index is 1800. The van der Waals surface area contributed by atoms with Crippen LogP contribution in [-0.4, -0.2) is 61.1 Å². The summed E-state index contributed by atoms with van der Waals surface area (Å²) in [5.41, 5.74) is 5.64. The molecule has 1 saturated heterocycles. The first-order valence-corrected chi connectivity index (χ1v) is 12.6. The van der Waals surface area contributed by atoms with E-state index >= 15 is 0 Å². The summed E-state index contributed by atoms with van der Waals surface area (Å²) in [6, 6.07) is 20.0. The van der Waals surface area contributed by atoms with E-state index in [0.29, 0.717) is 5.11 Å². The lowest BCUT2D eigenvalue weighted by molar-refractivity contribution is 0.389. The van der Waals surface area contributed by atoms with E-state index in [1.54, 1.807) is 12.4 Å². The predicted octanol–water partition coefficient (Wildman–Crippen LogP) is 4.79. The number of fused-ring (bicyclic) bond motifs is 7. The zero-order valence-corrected chi connectivity index (χ0v) is 20.7. The molecule has 1 aliphatic rings. The highest BCUT2D eigenvalue weighted by Gasteiger charge is 2.20. The number of hydrogen-bond acceptors (Lipinski definition) is 7. The van der Waals surface area contributed by atoms with E-state index in [9.17, 15) is 0 Å². The van der Waals surface area contributed by atoms with Crippen molar-refractivity contribution in [2.24, 2.45) is 0 Å². The maximum absolute atomic E-state index is 5.75. The molecule has 7 rings (SSSR count). The van der Waals surface area contributed by atoms with Crippen LogP contribution in [-0.2, 0) is 0 Å². The molecule has 2 aromatic carbocycles. The van der Waals surface area contributed by atoms with Crippen LogP contribution >= 0.6 is 12.2 Å². The summed E-state index contributed by atoms with van der Waals surface area (Å²) in [7, 11) is 0. The Kier molecular flexibility index (Phi) is 5.21. The summed E-state index contributed by atoms with van der Waals surface area (Å²) in [5, 5.41) is 6.15. The fourth-order valence-corrected chi connectivity index (χ4v) is 5.27. The van der Waals surface area contributed by atoms with Crippen molar-refractivity contribution in [1.29, 1.82) is 0 Å². The van der Waals surface area contributed by atoms with Crippen LogP contribution in [0.15, 0.2) is 79.3 Å². The molecule has 6 aromatic rings. The number of piperazine rings is 1. The van der Waals surface area contributed by atoms with Crippen LogP contribution in [0.4, 0.5) is 11.5 Å². The monoisotopic (exact) mass is 502 g/mol. The highest BCUT2D eigenvalue weighted by Crippen LogP contribution is 2.32. The molecule has 1 aliphatic heterocycles. The van der Waals surface area contributed by atoms with Crippen LogP contribution in [0.3, 0.4) is 0 Å². The van der Waals surface area contributed by atoms with E-state index in [1.165, 1.54) is 0 Å². The third kappa shape index (κ3) is 3.84. The average molecular weight is 503 g/mol. The lowest BCUT2D eigenvalue weighted by atomic mass is 10.1. The molecule has 0 bridgehead atoms. The van der Waals surface area contributed by atoms with Crippen LogP contribution in [0.1, 0.15) is 0 Å². The highest BCUT2D eigenvalue weighted by molar-refractivity contribution is 7.80. The zero-order chi connectivity index (χ0) is 24.8. The Hall–Kier alpha value is -4.50. The molecule has 4 aromatic heterocycles. The van der Waals surface area contributed by atoms with Crippen molar-refractivity contribution in [1.82, 2.24) is 29.8 Å². The van der Waals surface area contributed by atoms with Crippen molar-refractivity contribution in [2.75, 3.05) is 36.4 Å². The maximum Gasteiger partial charge on any atom is 0.173 e. The lowest BCUT2D eigenvalue weighted by Gasteiger charge is -2.36. The van der Waals surface area contributed by atoms with Gasteiger partial charge in [0.1, 0.15) is 16.9 Å². The number of nitrogens with one attached hydrogen (secondary N) is 1. The molecule has 5 heterocycles. The smallest absolute Gasteiger partial charge is 0.173 e. The number of rotatable bonds is 2. The van der Waals surface area contributed by atoms with Gasteiger partial charge < -0.3 is 15.1 Å². The normalized spacial score (nSPS) is 14.1. The molecule has 1 fully saturated rings. The molecule has 1 N–H and O–H groups in total. The van der Waals surface area contributed by atoms with Gasteiger partial charge in [-0.1, -0.05) is 18.2 Å². The van der Waals surface area contributed by atoms with Gasteiger partial charge in [-0.15, -0.1) is 0 Å². The number of pyridine rings is 3. The number of nitrogens with zero attached hydrogens (tertiary/aromatic N) is 7. The molecule has 9 heteroatoms. The molecular weight excluding hydrogens is 480 g/mol. The fourth-order valence-electron chi connectivity index (χ4n) is 4.97. The van der Waals surface area contributed by atoms with Crippen LogP contribution < -0.4 is 10.2 Å². The quantitative estimate of drug-likeness (QED) is 0.204. The third-order valence-corrected chi connectivity index (χ3v) is 7.17. The maximum atomic E-state index is 5.75. The molecular formula is C28H22N8S. The van der Waals surface area contributed by atoms with Gasteiger partial charge >= 0.3 is 0 Å². The Balaban J connectivity index is 1.19. The van der Waals surface area contributed by atoms with Crippen molar-refractivity contribution in [2.45, 2.75) is 0 Å². The second kappa shape index (κ2) is 8.86. The van der Waals surface area contributed by atoms with Crippen molar-refractivity contribution in [3.8, 4) is 0 Å². The van der Waals surface area contributed by atoms with Gasteiger partial charge in [0, 0.05) is 61.2 Å². The lowest BCUT2D eigenvalue weighted by Crippen LogP contribution is -2.50. The molecule has 0 spiro atoms. The molecule has 0 unspecified atom stereocenters. The number of anilines is 2. The number of thiocarbonyl (C=S) groups is 1. The van der Waals surface area contributed by atoms with Gasteiger partial charge in [-0.2, -0.15) is 0 Å². The molecule has 180 valence electrons. The predicted molar refractivity (Wildman–Crippen MR) is 152 cm³/mol. The summed E-state index contributed by atoms with van der Waals surface area (Å²) in [6.07, 6.45) is 5.41. The molecule has 0 saturated carbocycles. The highest BCUT2D eigenvalue weighted by atomic mass is 32.1. The number of benzene rings is 2. The first kappa shape index (κ1) is 21.8. The number of hydrogen-bond donors (Lipinski definition) is 1. The van der Waals surface area contributed by atoms with E-state index in [4.69, 9.17) is 22.2 Å². The van der Waals surface area contributed by atoms with Gasteiger partial charge in [-0.05, 0) is 54.7 Å². The largest absolute Gasteiger partial charge is 0.353 e. The standard InChI is InChI=1S/C28H22N8S/c37-28(36-15-13-35(14-16-36)23-7-1-2-10-29-23)32-18-8-9-21-22(17-18)34-27-25-20(6-4-12-31-25)19-5-3-11-30-24(19)26(27)33-21/h1-12,17H,13-16H2,(H,32,37). The van der Waals surface area contributed by atoms with Crippen molar-refractivity contribution in [3.05, 3.63) is 79.3 Å². The van der Waals surface area contributed by atoms with Crippen LogP contribution in [0.2, 0.25) is 0 Å². The summed E-state index contributed by atoms with van der Waals surface area (Å²) in [6.45, 7) is 3.41. The Labute approximate surface area is 218 Å². The first-order chi connectivity index (χ1) is 18.2. The Morgan fingerprint density at radius 2 is 1.35 bits per heavy atom. The van der Waals surface area contributed by atoms with Gasteiger partial charge in [0.25, 0.3) is 0 Å². The van der Waals surface area contributed by atoms with Crippen molar-refractivity contribution < 1.29 is 0 Å². The second-order valence-electron chi connectivity index (χ2n) is 9.02. The van der Waals surface area contributed by atoms with Crippen molar-refractivity contribution in [3.63, 3.8) is 0 Å². The van der Waals surface area contributed by atoms with E-state index in [-0.39, 0.29) is 0 Å². The van der Waals surface area contributed by atoms with E-state index in [0.717, 1.165) is 81.6 Å². The molecule has 0 amide bonds. The average Bonchev–Trinajstić information content (AvgIpc) is 2.97. The molecule has 0 aliphatic carbocycles. The minimum absolute atomic E-state index is 0.705. The van der Waals surface area contributed by atoms with Gasteiger partial charge in [0.05, 0.1) is 22.1 Å². The van der Waals surface area contributed by atoms with Crippen LogP contribution in [0.25, 0.3) is 43.9 Å². The SMILES string of the molecule is S=C(Nc1ccc2nc3c4ncccc4c4cccnc4c3nc2c1)N1CCN(c2ccccn2)CC1. The van der Waals surface area contributed by atoms with E-state index in [2.05, 4.69) is 42.2 Å². The summed E-state index contributed by atoms with van der Waals surface area (Å²) < 4.78 is 0. The van der Waals surface area contributed by atoms with E-state index in [1.807, 2.05) is 54.7 Å².